The second kappa shape index (κ2) is 7.02. The van der Waals surface area contributed by atoms with Crippen LogP contribution in [-0.4, -0.2) is 22.6 Å². The van der Waals surface area contributed by atoms with Gasteiger partial charge in [0.2, 0.25) is 5.88 Å². The molecule has 2 N–H and O–H groups in total. The van der Waals surface area contributed by atoms with E-state index in [1.165, 1.54) is 0 Å². The molecule has 2 aromatic carbocycles. The zero-order chi connectivity index (χ0) is 17.1. The number of nitrogens with zero attached hydrogens (tertiary/aromatic N) is 2. The predicted molar refractivity (Wildman–Crippen MR) is 94.1 cm³/mol. The molecule has 3 aromatic rings. The molecular weight excluding hydrogens is 398 g/mol. The maximum absolute atomic E-state index is 11.8. The Hall–Kier alpha value is -2.38. The van der Waals surface area contributed by atoms with Crippen molar-refractivity contribution in [2.45, 2.75) is 0 Å². The third kappa shape index (κ3) is 3.58. The highest BCUT2D eigenvalue weighted by atomic mass is 79.9. The van der Waals surface area contributed by atoms with Crippen molar-refractivity contribution in [3.05, 3.63) is 52.0 Å². The molecule has 8 heteroatoms. The number of rotatable bonds is 4. The molecule has 0 aliphatic heterocycles. The Kier molecular flexibility index (Phi) is 4.82. The molecule has 122 valence electrons. The molecule has 0 aliphatic rings. The number of hydrogen-bond acceptors (Lipinski definition) is 4. The molecule has 3 rings (SSSR count). The van der Waals surface area contributed by atoms with E-state index in [1.54, 1.807) is 36.4 Å². The Morgan fingerprint density at radius 2 is 2.08 bits per heavy atom. The first-order valence-corrected chi connectivity index (χ1v) is 8.04. The van der Waals surface area contributed by atoms with E-state index >= 15 is 0 Å². The van der Waals surface area contributed by atoms with Crippen LogP contribution in [0.15, 0.2) is 57.2 Å². The van der Waals surface area contributed by atoms with Gasteiger partial charge in [-0.2, -0.15) is 0 Å². The van der Waals surface area contributed by atoms with Gasteiger partial charge < -0.3 is 14.8 Å². The number of azo groups is 1. The molecule has 0 bridgehead atoms. The monoisotopic (exact) mass is 407 g/mol. The van der Waals surface area contributed by atoms with Gasteiger partial charge >= 0.3 is 5.91 Å². The van der Waals surface area contributed by atoms with Crippen LogP contribution in [0.4, 0.5) is 5.69 Å². The van der Waals surface area contributed by atoms with Gasteiger partial charge in [0.05, 0.1) is 10.5 Å². The fourth-order valence-corrected chi connectivity index (χ4v) is 2.62. The van der Waals surface area contributed by atoms with Gasteiger partial charge in [-0.05, 0) is 30.3 Å². The number of aromatic amines is 1. The van der Waals surface area contributed by atoms with Crippen LogP contribution in [0.5, 0.6) is 11.6 Å². The summed E-state index contributed by atoms with van der Waals surface area (Å²) in [5.41, 5.74) is 0.877. The van der Waals surface area contributed by atoms with E-state index in [0.29, 0.717) is 21.7 Å². The number of fused-ring (bicyclic) bond motifs is 1. The minimum Gasteiger partial charge on any atom is -0.493 e. The summed E-state index contributed by atoms with van der Waals surface area (Å²) in [5.74, 6) is -0.369. The Morgan fingerprint density at radius 1 is 1.29 bits per heavy atom. The second-order valence-corrected chi connectivity index (χ2v) is 6.15. The molecule has 1 heterocycles. The average molecular weight is 409 g/mol. The van der Waals surface area contributed by atoms with Gasteiger partial charge in [0.15, 0.2) is 12.3 Å². The van der Waals surface area contributed by atoms with Crippen molar-refractivity contribution >= 4 is 50.0 Å². The molecule has 0 fully saturated rings. The van der Waals surface area contributed by atoms with Crippen LogP contribution in [0.3, 0.4) is 0 Å². The van der Waals surface area contributed by atoms with Gasteiger partial charge in [-0.3, -0.25) is 4.79 Å². The van der Waals surface area contributed by atoms with Crippen LogP contribution in [0.2, 0.25) is 5.02 Å². The van der Waals surface area contributed by atoms with Crippen LogP contribution >= 0.6 is 27.5 Å². The molecule has 0 unspecified atom stereocenters. The lowest BCUT2D eigenvalue weighted by Gasteiger charge is -2.04. The maximum atomic E-state index is 11.8. The Morgan fingerprint density at radius 3 is 2.88 bits per heavy atom. The first-order valence-electron chi connectivity index (χ1n) is 6.86. The number of hydrogen-bond donors (Lipinski definition) is 2. The molecule has 0 radical (unpaired) electrons. The number of halogens is 2. The smallest absolute Gasteiger partial charge is 0.302 e. The summed E-state index contributed by atoms with van der Waals surface area (Å²) in [7, 11) is 0. The third-order valence-electron chi connectivity index (χ3n) is 3.16. The van der Waals surface area contributed by atoms with Gasteiger partial charge in [0, 0.05) is 9.86 Å². The summed E-state index contributed by atoms with van der Waals surface area (Å²) < 4.78 is 6.11. The fourth-order valence-electron chi connectivity index (χ4n) is 2.07. The molecule has 0 spiro atoms. The number of amides is 1. The first-order chi connectivity index (χ1) is 11.5. The summed E-state index contributed by atoms with van der Waals surface area (Å²) >= 11 is 9.28. The number of nitrogens with one attached hydrogen (secondary N) is 1. The lowest BCUT2D eigenvalue weighted by atomic mass is 10.2. The Labute approximate surface area is 150 Å². The average Bonchev–Trinajstić information content (AvgIpc) is 2.87. The topological polar surface area (TPSA) is 87.0 Å². The number of H-pyrrole nitrogens is 1. The zero-order valence-electron chi connectivity index (χ0n) is 12.2. The predicted octanol–water partition coefficient (Wildman–Crippen LogP) is 4.98. The molecule has 0 aliphatic carbocycles. The molecule has 0 saturated carbocycles. The summed E-state index contributed by atoms with van der Waals surface area (Å²) in [6.07, 6.45) is 0. The van der Waals surface area contributed by atoms with E-state index in [-0.39, 0.29) is 18.2 Å². The van der Waals surface area contributed by atoms with Crippen molar-refractivity contribution in [1.82, 2.24) is 4.98 Å². The summed E-state index contributed by atoms with van der Waals surface area (Å²) in [4.78, 5) is 14.6. The third-order valence-corrected chi connectivity index (χ3v) is 3.97. The van der Waals surface area contributed by atoms with E-state index < -0.39 is 5.91 Å². The van der Waals surface area contributed by atoms with Crippen molar-refractivity contribution < 1.29 is 14.6 Å². The molecule has 1 amide bonds. The van der Waals surface area contributed by atoms with E-state index in [9.17, 15) is 9.90 Å². The minimum atomic E-state index is -0.598. The second-order valence-electron chi connectivity index (χ2n) is 4.82. The number of aromatic hydroxyl groups is 1. The number of benzene rings is 2. The highest BCUT2D eigenvalue weighted by Gasteiger charge is 2.12. The van der Waals surface area contributed by atoms with Crippen molar-refractivity contribution in [3.63, 3.8) is 0 Å². The van der Waals surface area contributed by atoms with E-state index in [4.69, 9.17) is 16.3 Å². The normalized spacial score (nSPS) is 11.2. The van der Waals surface area contributed by atoms with Crippen molar-refractivity contribution in [2.24, 2.45) is 10.2 Å². The number of aromatic nitrogens is 1. The molecule has 0 atom stereocenters. The number of carbonyl (C=O) groups excluding carboxylic acids is 1. The van der Waals surface area contributed by atoms with Gasteiger partial charge in [-0.15, -0.1) is 10.2 Å². The molecule has 0 saturated heterocycles. The number of ether oxygens (including phenoxy) is 1. The standard InChI is InChI=1S/C16H11BrClN3O3/c17-9-5-6-12-10(7-9)15(16(23)19-12)21-20-14(22)8-24-13-4-2-1-3-11(13)18/h1-7,19,23H,8H2. The van der Waals surface area contributed by atoms with Crippen LogP contribution in [0.1, 0.15) is 0 Å². The largest absolute Gasteiger partial charge is 0.493 e. The number of para-hydroxylation sites is 1. The van der Waals surface area contributed by atoms with Crippen LogP contribution in [-0.2, 0) is 4.79 Å². The van der Waals surface area contributed by atoms with E-state index in [1.807, 2.05) is 6.07 Å². The van der Waals surface area contributed by atoms with Gasteiger partial charge in [-0.1, -0.05) is 39.7 Å². The molecule has 24 heavy (non-hydrogen) atoms. The molecular formula is C16H11BrClN3O3. The zero-order valence-corrected chi connectivity index (χ0v) is 14.5. The van der Waals surface area contributed by atoms with E-state index in [2.05, 4.69) is 31.1 Å². The van der Waals surface area contributed by atoms with Gasteiger partial charge in [0.25, 0.3) is 0 Å². The van der Waals surface area contributed by atoms with Crippen LogP contribution in [0.25, 0.3) is 10.9 Å². The van der Waals surface area contributed by atoms with Gasteiger partial charge in [-0.25, -0.2) is 0 Å². The lowest BCUT2D eigenvalue weighted by molar-refractivity contribution is -0.120. The highest BCUT2D eigenvalue weighted by Crippen LogP contribution is 2.36. The van der Waals surface area contributed by atoms with Crippen molar-refractivity contribution in [2.75, 3.05) is 6.61 Å². The van der Waals surface area contributed by atoms with Crippen LogP contribution < -0.4 is 4.74 Å². The SMILES string of the molecule is O=C(COc1ccccc1Cl)N=Nc1c(O)[nH]c2ccc(Br)cc12. The fraction of sp³-hybridized carbons (Fsp3) is 0.0625. The Balaban J connectivity index is 1.74. The van der Waals surface area contributed by atoms with Crippen LogP contribution in [0, 0.1) is 0 Å². The quantitative estimate of drug-likeness (QED) is 0.597. The lowest BCUT2D eigenvalue weighted by Crippen LogP contribution is -2.08. The highest BCUT2D eigenvalue weighted by molar-refractivity contribution is 9.10. The number of carbonyl (C=O) groups is 1. The van der Waals surface area contributed by atoms with E-state index in [0.717, 1.165) is 4.47 Å². The summed E-state index contributed by atoms with van der Waals surface area (Å²) in [5, 5.41) is 18.4. The molecule has 6 nitrogen and oxygen atoms in total. The first kappa shape index (κ1) is 16.5. The molecule has 1 aromatic heterocycles. The van der Waals surface area contributed by atoms with Crippen molar-refractivity contribution in [1.29, 1.82) is 0 Å². The Bertz CT molecular complexity index is 939. The minimum absolute atomic E-state index is 0.160. The van der Waals surface area contributed by atoms with Crippen molar-refractivity contribution in [3.8, 4) is 11.6 Å². The van der Waals surface area contributed by atoms with Gasteiger partial charge in [0.1, 0.15) is 5.75 Å². The summed E-state index contributed by atoms with van der Waals surface area (Å²) in [6, 6.07) is 12.2. The maximum Gasteiger partial charge on any atom is 0.302 e. The summed E-state index contributed by atoms with van der Waals surface area (Å²) in [6.45, 7) is -0.306.